The molecule has 1 aromatic rings. The predicted octanol–water partition coefficient (Wildman–Crippen LogP) is 2.25. The second-order valence-corrected chi connectivity index (χ2v) is 5.00. The van der Waals surface area contributed by atoms with E-state index in [-0.39, 0.29) is 11.0 Å². The van der Waals surface area contributed by atoms with Crippen LogP contribution in [0.3, 0.4) is 0 Å². The third-order valence-corrected chi connectivity index (χ3v) is 2.74. The second kappa shape index (κ2) is 6.35. The van der Waals surface area contributed by atoms with Crippen LogP contribution in [0.5, 0.6) is 0 Å². The van der Waals surface area contributed by atoms with Gasteiger partial charge in [-0.2, -0.15) is 0 Å². The Balaban J connectivity index is 2.57. The Morgan fingerprint density at radius 2 is 2.28 bits per heavy atom. The Labute approximate surface area is 107 Å². The minimum atomic E-state index is -0.945. The standard InChI is InChI=1S/C13H20N2O3/c1-13(2,5-7-18-3)9-15-11-8-10(12(16)17)4-6-14-11/h4,6,8H,5,7,9H2,1-3H3,(H,14,15)(H,16,17). The molecule has 100 valence electrons. The van der Waals surface area contributed by atoms with E-state index >= 15 is 0 Å². The highest BCUT2D eigenvalue weighted by Gasteiger charge is 2.17. The van der Waals surface area contributed by atoms with Crippen molar-refractivity contribution in [2.45, 2.75) is 20.3 Å². The van der Waals surface area contributed by atoms with Gasteiger partial charge in [-0.15, -0.1) is 0 Å². The van der Waals surface area contributed by atoms with Crippen molar-refractivity contribution in [2.24, 2.45) is 5.41 Å². The fraction of sp³-hybridized carbons (Fsp3) is 0.538. The third kappa shape index (κ3) is 4.71. The van der Waals surface area contributed by atoms with Crippen molar-refractivity contribution in [1.29, 1.82) is 0 Å². The number of carboxylic acids is 1. The summed E-state index contributed by atoms with van der Waals surface area (Å²) in [5.41, 5.74) is 0.305. The Hall–Kier alpha value is -1.62. The quantitative estimate of drug-likeness (QED) is 0.778. The van der Waals surface area contributed by atoms with Crippen molar-refractivity contribution < 1.29 is 14.6 Å². The van der Waals surface area contributed by atoms with E-state index in [0.29, 0.717) is 19.0 Å². The fourth-order valence-corrected chi connectivity index (χ4v) is 1.46. The number of carbonyl (C=O) groups is 1. The van der Waals surface area contributed by atoms with E-state index in [4.69, 9.17) is 9.84 Å². The molecule has 1 rings (SSSR count). The van der Waals surface area contributed by atoms with E-state index in [1.54, 1.807) is 7.11 Å². The van der Waals surface area contributed by atoms with Crippen molar-refractivity contribution in [2.75, 3.05) is 25.6 Å². The zero-order chi connectivity index (χ0) is 13.6. The van der Waals surface area contributed by atoms with E-state index in [2.05, 4.69) is 24.1 Å². The summed E-state index contributed by atoms with van der Waals surface area (Å²) < 4.78 is 5.06. The summed E-state index contributed by atoms with van der Waals surface area (Å²) in [6, 6.07) is 3.01. The zero-order valence-corrected chi connectivity index (χ0v) is 11.1. The molecule has 1 heterocycles. The molecule has 0 bridgehead atoms. The molecule has 2 N–H and O–H groups in total. The first-order valence-electron chi connectivity index (χ1n) is 5.87. The minimum Gasteiger partial charge on any atom is -0.478 e. The molecule has 0 unspecified atom stereocenters. The minimum absolute atomic E-state index is 0.0664. The molecule has 0 aliphatic carbocycles. The van der Waals surface area contributed by atoms with E-state index in [1.165, 1.54) is 18.3 Å². The van der Waals surface area contributed by atoms with E-state index < -0.39 is 5.97 Å². The van der Waals surface area contributed by atoms with Crippen LogP contribution < -0.4 is 5.32 Å². The molecular formula is C13H20N2O3. The summed E-state index contributed by atoms with van der Waals surface area (Å²) in [5, 5.41) is 12.0. The van der Waals surface area contributed by atoms with Gasteiger partial charge in [0, 0.05) is 26.5 Å². The lowest BCUT2D eigenvalue weighted by Crippen LogP contribution is -2.25. The van der Waals surface area contributed by atoms with Crippen LogP contribution in [0.25, 0.3) is 0 Å². The highest BCUT2D eigenvalue weighted by atomic mass is 16.5. The summed E-state index contributed by atoms with van der Waals surface area (Å²) in [5.74, 6) is -0.362. The van der Waals surface area contributed by atoms with Crippen LogP contribution in [0.4, 0.5) is 5.82 Å². The van der Waals surface area contributed by atoms with Gasteiger partial charge in [0.15, 0.2) is 0 Å². The first kappa shape index (κ1) is 14.4. The number of carboxylic acid groups (broad SMARTS) is 1. The van der Waals surface area contributed by atoms with Gasteiger partial charge in [-0.05, 0) is 24.0 Å². The van der Waals surface area contributed by atoms with Crippen molar-refractivity contribution in [3.63, 3.8) is 0 Å². The molecule has 5 nitrogen and oxygen atoms in total. The number of nitrogens with one attached hydrogen (secondary N) is 1. The Kier molecular flexibility index (Phi) is 5.09. The number of hydrogen-bond donors (Lipinski definition) is 2. The van der Waals surface area contributed by atoms with Crippen molar-refractivity contribution in [3.05, 3.63) is 23.9 Å². The fourth-order valence-electron chi connectivity index (χ4n) is 1.46. The summed E-state index contributed by atoms with van der Waals surface area (Å²) in [6.07, 6.45) is 2.42. The molecule has 0 aliphatic rings. The van der Waals surface area contributed by atoms with Crippen LogP contribution in [0, 0.1) is 5.41 Å². The SMILES string of the molecule is COCCC(C)(C)CNc1cc(C(=O)O)ccn1. The molecule has 1 aromatic heterocycles. The number of methoxy groups -OCH3 is 1. The molecule has 0 radical (unpaired) electrons. The molecule has 0 saturated carbocycles. The van der Waals surface area contributed by atoms with Crippen LogP contribution >= 0.6 is 0 Å². The smallest absolute Gasteiger partial charge is 0.335 e. The molecule has 0 spiro atoms. The largest absolute Gasteiger partial charge is 0.478 e. The molecule has 5 heteroatoms. The normalized spacial score (nSPS) is 11.3. The monoisotopic (exact) mass is 252 g/mol. The van der Waals surface area contributed by atoms with Gasteiger partial charge in [0.1, 0.15) is 5.82 Å². The number of anilines is 1. The lowest BCUT2D eigenvalue weighted by Gasteiger charge is -2.24. The molecule has 0 fully saturated rings. The van der Waals surface area contributed by atoms with Crippen molar-refractivity contribution in [1.82, 2.24) is 4.98 Å². The number of nitrogens with zero attached hydrogens (tertiary/aromatic N) is 1. The average Bonchev–Trinajstić information content (AvgIpc) is 2.34. The maximum absolute atomic E-state index is 10.8. The van der Waals surface area contributed by atoms with Gasteiger partial charge in [0.05, 0.1) is 5.56 Å². The molecule has 0 aliphatic heterocycles. The van der Waals surface area contributed by atoms with E-state index in [0.717, 1.165) is 6.42 Å². The summed E-state index contributed by atoms with van der Waals surface area (Å²) in [6.45, 7) is 5.67. The summed E-state index contributed by atoms with van der Waals surface area (Å²) >= 11 is 0. The second-order valence-electron chi connectivity index (χ2n) is 5.00. The van der Waals surface area contributed by atoms with Gasteiger partial charge >= 0.3 is 5.97 Å². The van der Waals surface area contributed by atoms with Crippen LogP contribution in [-0.4, -0.2) is 36.3 Å². The summed E-state index contributed by atoms with van der Waals surface area (Å²) in [4.78, 5) is 14.9. The lowest BCUT2D eigenvalue weighted by molar-refractivity contribution is 0.0697. The van der Waals surface area contributed by atoms with Gasteiger partial charge in [-0.3, -0.25) is 0 Å². The van der Waals surface area contributed by atoms with Crippen LogP contribution in [0.1, 0.15) is 30.6 Å². The van der Waals surface area contributed by atoms with Crippen molar-refractivity contribution in [3.8, 4) is 0 Å². The molecule has 0 amide bonds. The van der Waals surface area contributed by atoms with Crippen LogP contribution in [0.15, 0.2) is 18.3 Å². The van der Waals surface area contributed by atoms with Gasteiger partial charge in [0.2, 0.25) is 0 Å². The van der Waals surface area contributed by atoms with Gasteiger partial charge in [0.25, 0.3) is 0 Å². The first-order valence-corrected chi connectivity index (χ1v) is 5.87. The topological polar surface area (TPSA) is 71.5 Å². The molecule has 0 aromatic carbocycles. The number of ether oxygens (including phenoxy) is 1. The average molecular weight is 252 g/mol. The number of aromatic nitrogens is 1. The van der Waals surface area contributed by atoms with Gasteiger partial charge in [-0.1, -0.05) is 13.8 Å². The maximum atomic E-state index is 10.8. The maximum Gasteiger partial charge on any atom is 0.335 e. The van der Waals surface area contributed by atoms with Gasteiger partial charge < -0.3 is 15.2 Å². The van der Waals surface area contributed by atoms with Crippen LogP contribution in [0.2, 0.25) is 0 Å². The summed E-state index contributed by atoms with van der Waals surface area (Å²) in [7, 11) is 1.68. The molecule has 0 atom stereocenters. The molecule has 18 heavy (non-hydrogen) atoms. The molecule has 0 saturated heterocycles. The van der Waals surface area contributed by atoms with E-state index in [9.17, 15) is 4.79 Å². The highest BCUT2D eigenvalue weighted by molar-refractivity contribution is 5.88. The predicted molar refractivity (Wildman–Crippen MR) is 70.0 cm³/mol. The molecular weight excluding hydrogens is 232 g/mol. The zero-order valence-electron chi connectivity index (χ0n) is 11.1. The van der Waals surface area contributed by atoms with E-state index in [1.807, 2.05) is 0 Å². The Morgan fingerprint density at radius 1 is 1.56 bits per heavy atom. The number of hydrogen-bond acceptors (Lipinski definition) is 4. The lowest BCUT2D eigenvalue weighted by atomic mass is 9.90. The number of rotatable bonds is 7. The Morgan fingerprint density at radius 3 is 2.89 bits per heavy atom. The third-order valence-electron chi connectivity index (χ3n) is 2.74. The number of pyridine rings is 1. The van der Waals surface area contributed by atoms with Gasteiger partial charge in [-0.25, -0.2) is 9.78 Å². The first-order chi connectivity index (χ1) is 8.44. The number of aromatic carboxylic acids is 1. The Bertz CT molecular complexity index is 405. The van der Waals surface area contributed by atoms with Crippen LogP contribution in [-0.2, 0) is 4.74 Å². The highest BCUT2D eigenvalue weighted by Crippen LogP contribution is 2.20. The van der Waals surface area contributed by atoms with Crippen molar-refractivity contribution >= 4 is 11.8 Å².